The van der Waals surface area contributed by atoms with Crippen LogP contribution in [0.4, 0.5) is 14.5 Å². The van der Waals surface area contributed by atoms with E-state index in [0.717, 1.165) is 11.1 Å². The highest BCUT2D eigenvalue weighted by Crippen LogP contribution is 2.32. The first-order chi connectivity index (χ1) is 18.5. The molecule has 0 aliphatic carbocycles. The van der Waals surface area contributed by atoms with Gasteiger partial charge in [0.05, 0.1) is 18.6 Å². The maximum atomic E-state index is 13.4. The highest BCUT2D eigenvalue weighted by molar-refractivity contribution is 8.13. The summed E-state index contributed by atoms with van der Waals surface area (Å²) in [5.41, 5.74) is 2.20. The van der Waals surface area contributed by atoms with Crippen molar-refractivity contribution < 1.29 is 27.5 Å². The molecule has 4 aromatic rings. The lowest BCUT2D eigenvalue weighted by molar-refractivity contribution is -0.113. The van der Waals surface area contributed by atoms with Gasteiger partial charge >= 0.3 is 6.61 Å². The van der Waals surface area contributed by atoms with E-state index in [1.807, 2.05) is 42.5 Å². The fraction of sp³-hybridized carbons (Fsp3) is 0.111. The fourth-order valence-electron chi connectivity index (χ4n) is 3.59. The average Bonchev–Trinajstić information content (AvgIpc) is 3.53. The Morgan fingerprint density at radius 3 is 2.37 bits per heavy atom. The van der Waals surface area contributed by atoms with Crippen molar-refractivity contribution >= 4 is 34.6 Å². The van der Waals surface area contributed by atoms with Crippen molar-refractivity contribution in [1.29, 1.82) is 0 Å². The third-order valence-electron chi connectivity index (χ3n) is 5.38. The van der Waals surface area contributed by atoms with E-state index >= 15 is 0 Å². The van der Waals surface area contributed by atoms with Gasteiger partial charge in [-0.1, -0.05) is 42.1 Å². The SMILES string of the molecule is COc1ccc(C=C2N=C(SCc3nnc(-c4ccccc4)o3)N(c3ccc(OC(F)F)cc3)C2=O)cc1. The lowest BCUT2D eigenvalue weighted by Crippen LogP contribution is -2.30. The van der Waals surface area contributed by atoms with Crippen LogP contribution < -0.4 is 14.4 Å². The molecule has 0 saturated heterocycles. The molecule has 8 nitrogen and oxygen atoms in total. The fourth-order valence-corrected chi connectivity index (χ4v) is 4.44. The van der Waals surface area contributed by atoms with E-state index in [9.17, 15) is 13.6 Å². The van der Waals surface area contributed by atoms with E-state index in [4.69, 9.17) is 9.15 Å². The number of nitrogens with zero attached hydrogens (tertiary/aromatic N) is 4. The van der Waals surface area contributed by atoms with Crippen molar-refractivity contribution in [3.8, 4) is 23.0 Å². The van der Waals surface area contributed by atoms with Gasteiger partial charge in [0.15, 0.2) is 5.17 Å². The van der Waals surface area contributed by atoms with Gasteiger partial charge in [-0.25, -0.2) is 4.99 Å². The predicted octanol–water partition coefficient (Wildman–Crippen LogP) is 6.02. The standard InChI is InChI=1S/C27H20F2N4O4S/c1-35-20-11-7-17(8-12-20)15-22-25(34)33(19-9-13-21(14-10-19)36-26(28)29)27(30-22)38-16-23-31-32-24(37-23)18-5-3-2-4-6-18/h2-15,26H,16H2,1H3. The predicted molar refractivity (Wildman–Crippen MR) is 140 cm³/mol. The van der Waals surface area contributed by atoms with Gasteiger partial charge < -0.3 is 13.9 Å². The minimum absolute atomic E-state index is 0.0187. The number of amidine groups is 1. The minimum Gasteiger partial charge on any atom is -0.497 e. The summed E-state index contributed by atoms with van der Waals surface area (Å²) in [6.45, 7) is -2.95. The normalized spacial score (nSPS) is 14.3. The minimum atomic E-state index is -2.95. The van der Waals surface area contributed by atoms with Gasteiger partial charge in [-0.2, -0.15) is 8.78 Å². The quantitative estimate of drug-likeness (QED) is 0.255. The Kier molecular flexibility index (Phi) is 7.45. The summed E-state index contributed by atoms with van der Waals surface area (Å²) < 4.78 is 40.6. The number of aliphatic imine (C=N–C) groups is 1. The topological polar surface area (TPSA) is 90.1 Å². The van der Waals surface area contributed by atoms with E-state index in [2.05, 4.69) is 19.9 Å². The second-order valence-corrected chi connectivity index (χ2v) is 8.81. The molecule has 1 amide bonds. The summed E-state index contributed by atoms with van der Waals surface area (Å²) in [6, 6.07) is 22.3. The van der Waals surface area contributed by atoms with Crippen LogP contribution in [0.15, 0.2) is 94.0 Å². The first-order valence-electron chi connectivity index (χ1n) is 11.3. The number of hydrogen-bond donors (Lipinski definition) is 0. The van der Waals surface area contributed by atoms with Crippen molar-refractivity contribution in [2.24, 2.45) is 4.99 Å². The number of benzene rings is 3. The summed E-state index contributed by atoms with van der Waals surface area (Å²) >= 11 is 1.23. The summed E-state index contributed by atoms with van der Waals surface area (Å²) in [5.74, 6) is 1.29. The van der Waals surface area contributed by atoms with Gasteiger partial charge in [-0.05, 0) is 60.2 Å². The van der Waals surface area contributed by atoms with E-state index in [1.165, 1.54) is 40.9 Å². The molecule has 1 aliphatic rings. The average molecular weight is 535 g/mol. The zero-order chi connectivity index (χ0) is 26.5. The molecule has 38 heavy (non-hydrogen) atoms. The summed E-state index contributed by atoms with van der Waals surface area (Å²) in [6.07, 6.45) is 1.66. The number of carbonyl (C=O) groups is 1. The first kappa shape index (κ1) is 25.2. The number of hydrogen-bond acceptors (Lipinski definition) is 8. The van der Waals surface area contributed by atoms with Crippen LogP contribution in [0.2, 0.25) is 0 Å². The molecule has 0 unspecified atom stereocenters. The van der Waals surface area contributed by atoms with E-state index in [0.29, 0.717) is 28.4 Å². The van der Waals surface area contributed by atoms with Crippen LogP contribution in [0.1, 0.15) is 11.5 Å². The van der Waals surface area contributed by atoms with Crippen LogP contribution in [0.25, 0.3) is 17.5 Å². The van der Waals surface area contributed by atoms with Crippen LogP contribution in [0.5, 0.6) is 11.5 Å². The number of halogens is 2. The molecule has 0 fully saturated rings. The second-order valence-electron chi connectivity index (χ2n) is 7.87. The highest BCUT2D eigenvalue weighted by atomic mass is 32.2. The molecule has 0 saturated carbocycles. The largest absolute Gasteiger partial charge is 0.497 e. The molecule has 1 aliphatic heterocycles. The Labute approximate surface area is 220 Å². The molecule has 1 aromatic heterocycles. The third kappa shape index (κ3) is 5.73. The summed E-state index contributed by atoms with van der Waals surface area (Å²) in [5, 5.41) is 8.57. The second kappa shape index (κ2) is 11.3. The first-order valence-corrected chi connectivity index (χ1v) is 12.3. The van der Waals surface area contributed by atoms with Gasteiger partial charge in [0.25, 0.3) is 5.91 Å². The third-order valence-corrected chi connectivity index (χ3v) is 6.30. The molecule has 0 radical (unpaired) electrons. The number of amides is 1. The molecule has 11 heteroatoms. The van der Waals surface area contributed by atoms with Gasteiger partial charge in [0.1, 0.15) is 17.2 Å². The molecular formula is C27H20F2N4O4S. The van der Waals surface area contributed by atoms with Crippen molar-refractivity contribution in [2.45, 2.75) is 12.4 Å². The van der Waals surface area contributed by atoms with Crippen molar-refractivity contribution in [3.05, 3.63) is 96.0 Å². The molecule has 2 heterocycles. The summed E-state index contributed by atoms with van der Waals surface area (Å²) in [4.78, 5) is 19.4. The number of rotatable bonds is 8. The number of thioether (sulfide) groups is 1. The Hall–Kier alpha value is -4.51. The van der Waals surface area contributed by atoms with Crippen LogP contribution in [0.3, 0.4) is 0 Å². The van der Waals surface area contributed by atoms with Gasteiger partial charge in [-0.3, -0.25) is 9.69 Å². The molecule has 5 rings (SSSR count). The van der Waals surface area contributed by atoms with E-state index in [1.54, 1.807) is 25.3 Å². The Morgan fingerprint density at radius 1 is 0.974 bits per heavy atom. The molecule has 192 valence electrons. The highest BCUT2D eigenvalue weighted by Gasteiger charge is 2.32. The number of aromatic nitrogens is 2. The molecular weight excluding hydrogens is 514 g/mol. The molecule has 0 spiro atoms. The zero-order valence-electron chi connectivity index (χ0n) is 20.0. The maximum absolute atomic E-state index is 13.4. The maximum Gasteiger partial charge on any atom is 0.387 e. The van der Waals surface area contributed by atoms with Crippen LogP contribution in [0, 0.1) is 0 Å². The molecule has 3 aromatic carbocycles. The number of methoxy groups -OCH3 is 1. The Bertz CT molecular complexity index is 1470. The molecule has 0 N–H and O–H groups in total. The number of ether oxygens (including phenoxy) is 2. The summed E-state index contributed by atoms with van der Waals surface area (Å²) in [7, 11) is 1.57. The number of carbonyl (C=O) groups excluding carboxylic acids is 1. The van der Waals surface area contributed by atoms with Gasteiger partial charge in [0.2, 0.25) is 11.8 Å². The Balaban J connectivity index is 1.41. The van der Waals surface area contributed by atoms with E-state index < -0.39 is 6.61 Å². The lowest BCUT2D eigenvalue weighted by Gasteiger charge is -2.18. The zero-order valence-corrected chi connectivity index (χ0v) is 20.8. The van der Waals surface area contributed by atoms with Crippen molar-refractivity contribution in [1.82, 2.24) is 10.2 Å². The Morgan fingerprint density at radius 2 is 1.68 bits per heavy atom. The number of alkyl halides is 2. The van der Waals surface area contributed by atoms with Gasteiger partial charge in [-0.15, -0.1) is 10.2 Å². The van der Waals surface area contributed by atoms with Crippen LogP contribution in [-0.2, 0) is 10.5 Å². The number of anilines is 1. The van der Waals surface area contributed by atoms with Crippen molar-refractivity contribution in [3.63, 3.8) is 0 Å². The van der Waals surface area contributed by atoms with Crippen molar-refractivity contribution in [2.75, 3.05) is 12.0 Å². The van der Waals surface area contributed by atoms with Crippen LogP contribution >= 0.6 is 11.8 Å². The van der Waals surface area contributed by atoms with E-state index in [-0.39, 0.29) is 23.1 Å². The molecule has 0 bridgehead atoms. The lowest BCUT2D eigenvalue weighted by atomic mass is 10.2. The molecule has 0 atom stereocenters. The smallest absolute Gasteiger partial charge is 0.387 e. The van der Waals surface area contributed by atoms with Crippen LogP contribution in [-0.4, -0.2) is 35.0 Å². The van der Waals surface area contributed by atoms with Gasteiger partial charge in [0, 0.05) is 5.56 Å². The monoisotopic (exact) mass is 534 g/mol.